The highest BCUT2D eigenvalue weighted by molar-refractivity contribution is 7.16. The normalized spacial score (nSPS) is 11.8. The third kappa shape index (κ3) is 2.73. The molecule has 1 aromatic heterocycles. The first-order valence-electron chi connectivity index (χ1n) is 6.44. The minimum absolute atomic E-state index is 0.264. The van der Waals surface area contributed by atoms with E-state index >= 15 is 0 Å². The number of benzene rings is 2. The van der Waals surface area contributed by atoms with Gasteiger partial charge in [0.25, 0.3) is 0 Å². The molecule has 0 spiro atoms. The van der Waals surface area contributed by atoms with Crippen molar-refractivity contribution >= 4 is 27.3 Å². The van der Waals surface area contributed by atoms with Crippen molar-refractivity contribution in [1.29, 1.82) is 0 Å². The summed E-state index contributed by atoms with van der Waals surface area (Å²) in [7, 11) is 1.97. The van der Waals surface area contributed by atoms with E-state index in [0.29, 0.717) is 5.70 Å². The fourth-order valence-corrected chi connectivity index (χ4v) is 3.00. The van der Waals surface area contributed by atoms with Gasteiger partial charge in [0.05, 0.1) is 15.9 Å². The Morgan fingerprint density at radius 3 is 2.62 bits per heavy atom. The number of fused-ring (bicyclic) bond motifs is 1. The van der Waals surface area contributed by atoms with Crippen LogP contribution in [0.5, 0.6) is 0 Å². The monoisotopic (exact) mass is 299 g/mol. The average molecular weight is 299 g/mol. The number of hydrogen-bond donors (Lipinski definition) is 1. The van der Waals surface area contributed by atoms with Gasteiger partial charge in [-0.05, 0) is 42.0 Å². The quantitative estimate of drug-likeness (QED) is 0.737. The van der Waals surface area contributed by atoms with Crippen LogP contribution in [0.25, 0.3) is 15.9 Å². The van der Waals surface area contributed by atoms with E-state index in [4.69, 9.17) is 0 Å². The Hall–Kier alpha value is -2.40. The number of para-hydroxylation sites is 1. The molecule has 0 aliphatic rings. The zero-order valence-electron chi connectivity index (χ0n) is 11.5. The zero-order chi connectivity index (χ0) is 14.8. The Morgan fingerprint density at radius 1 is 1.19 bits per heavy atom. The first-order valence-corrected chi connectivity index (χ1v) is 7.26. The van der Waals surface area contributed by atoms with Crippen molar-refractivity contribution in [1.82, 2.24) is 9.99 Å². The number of rotatable bonds is 3. The standard InChI is InChI=1S/C16H14FN3S/c1-11(12-7-9-13(17)10-8-12)18-19-16-20(2)14-5-3-4-6-15(14)21-16/h3-10,18H,1H2,2H3/b19-16-. The van der Waals surface area contributed by atoms with E-state index in [1.807, 2.05) is 23.7 Å². The largest absolute Gasteiger partial charge is 0.318 e. The van der Waals surface area contributed by atoms with Crippen LogP contribution >= 0.6 is 11.3 Å². The highest BCUT2D eigenvalue weighted by atomic mass is 32.1. The lowest BCUT2D eigenvalue weighted by Gasteiger charge is -2.04. The Morgan fingerprint density at radius 2 is 1.90 bits per heavy atom. The SMILES string of the molecule is C=C(N/N=c1\sc2ccccc2n1C)c1ccc(F)cc1. The van der Waals surface area contributed by atoms with Crippen LogP contribution in [0.1, 0.15) is 5.56 Å². The smallest absolute Gasteiger partial charge is 0.208 e. The van der Waals surface area contributed by atoms with Gasteiger partial charge in [0.2, 0.25) is 4.80 Å². The van der Waals surface area contributed by atoms with E-state index in [0.717, 1.165) is 15.9 Å². The molecule has 106 valence electrons. The summed E-state index contributed by atoms with van der Waals surface area (Å²) >= 11 is 1.60. The van der Waals surface area contributed by atoms with Crippen LogP contribution in [0.3, 0.4) is 0 Å². The third-order valence-corrected chi connectivity index (χ3v) is 4.31. The number of aromatic nitrogens is 1. The lowest BCUT2D eigenvalue weighted by molar-refractivity contribution is 0.627. The lowest BCUT2D eigenvalue weighted by Crippen LogP contribution is -2.16. The summed E-state index contributed by atoms with van der Waals surface area (Å²) in [6.45, 7) is 3.92. The molecule has 0 bridgehead atoms. The molecule has 5 heteroatoms. The molecular formula is C16H14FN3S. The molecule has 2 aromatic carbocycles. The van der Waals surface area contributed by atoms with E-state index < -0.39 is 0 Å². The van der Waals surface area contributed by atoms with Crippen molar-refractivity contribution in [3.8, 4) is 0 Å². The minimum Gasteiger partial charge on any atom is -0.318 e. The summed E-state index contributed by atoms with van der Waals surface area (Å²) in [5.74, 6) is -0.264. The number of nitrogens with one attached hydrogen (secondary N) is 1. The van der Waals surface area contributed by atoms with Crippen molar-refractivity contribution in [3.05, 3.63) is 71.3 Å². The van der Waals surface area contributed by atoms with Gasteiger partial charge in [-0.25, -0.2) is 4.39 Å². The molecule has 1 heterocycles. The van der Waals surface area contributed by atoms with Gasteiger partial charge in [-0.3, -0.25) is 5.43 Å². The molecule has 3 rings (SSSR count). The molecule has 3 aromatic rings. The molecule has 0 aliphatic heterocycles. The number of hydrogen-bond acceptors (Lipinski definition) is 3. The summed E-state index contributed by atoms with van der Waals surface area (Å²) in [4.78, 5) is 0.847. The van der Waals surface area contributed by atoms with Gasteiger partial charge in [0.1, 0.15) is 5.82 Å². The van der Waals surface area contributed by atoms with E-state index in [1.165, 1.54) is 16.8 Å². The van der Waals surface area contributed by atoms with E-state index in [2.05, 4.69) is 29.2 Å². The minimum atomic E-state index is -0.264. The van der Waals surface area contributed by atoms with Gasteiger partial charge < -0.3 is 4.57 Å². The van der Waals surface area contributed by atoms with Gasteiger partial charge in [0.15, 0.2) is 0 Å². The predicted molar refractivity (Wildman–Crippen MR) is 84.9 cm³/mol. The second-order valence-electron chi connectivity index (χ2n) is 4.62. The van der Waals surface area contributed by atoms with Crippen LogP contribution < -0.4 is 10.2 Å². The van der Waals surface area contributed by atoms with Gasteiger partial charge in [-0.1, -0.05) is 30.0 Å². The van der Waals surface area contributed by atoms with Crippen LogP contribution in [0, 0.1) is 5.82 Å². The van der Waals surface area contributed by atoms with Crippen LogP contribution in [0.15, 0.2) is 60.2 Å². The molecule has 0 atom stereocenters. The van der Waals surface area contributed by atoms with Gasteiger partial charge >= 0.3 is 0 Å². The maximum atomic E-state index is 12.9. The summed E-state index contributed by atoms with van der Waals surface area (Å²) in [5.41, 5.74) is 5.51. The number of nitrogens with zero attached hydrogens (tertiary/aromatic N) is 2. The highest BCUT2D eigenvalue weighted by Crippen LogP contribution is 2.15. The van der Waals surface area contributed by atoms with Crippen molar-refractivity contribution < 1.29 is 4.39 Å². The Kier molecular flexibility index (Phi) is 3.58. The van der Waals surface area contributed by atoms with Crippen molar-refractivity contribution in [2.75, 3.05) is 0 Å². The maximum Gasteiger partial charge on any atom is 0.208 e. The number of aryl methyl sites for hydroxylation is 1. The van der Waals surface area contributed by atoms with Gasteiger partial charge in [-0.15, -0.1) is 5.10 Å². The average Bonchev–Trinajstić information content (AvgIpc) is 2.82. The molecule has 0 fully saturated rings. The highest BCUT2D eigenvalue weighted by Gasteiger charge is 2.02. The molecule has 3 nitrogen and oxygen atoms in total. The van der Waals surface area contributed by atoms with Crippen LogP contribution in [-0.2, 0) is 7.05 Å². The molecule has 0 amide bonds. The summed E-state index contributed by atoms with van der Waals surface area (Å²) < 4.78 is 16.1. The molecule has 1 N–H and O–H groups in total. The first-order chi connectivity index (χ1) is 10.1. The topological polar surface area (TPSA) is 29.3 Å². The molecule has 0 unspecified atom stereocenters. The van der Waals surface area contributed by atoms with E-state index in [1.54, 1.807) is 23.5 Å². The fraction of sp³-hybridized carbons (Fsp3) is 0.0625. The summed E-state index contributed by atoms with van der Waals surface area (Å²) in [6.07, 6.45) is 0. The first kappa shape index (κ1) is 13.6. The molecule has 0 aliphatic carbocycles. The molecule has 21 heavy (non-hydrogen) atoms. The fourth-order valence-electron chi connectivity index (χ4n) is 2.02. The molecule has 0 radical (unpaired) electrons. The summed E-state index contributed by atoms with van der Waals surface area (Å²) in [6, 6.07) is 14.3. The molecule has 0 saturated heterocycles. The zero-order valence-corrected chi connectivity index (χ0v) is 12.3. The number of halogens is 1. The molecule has 0 saturated carbocycles. The molecular weight excluding hydrogens is 285 g/mol. The van der Waals surface area contributed by atoms with E-state index in [-0.39, 0.29) is 5.82 Å². The Labute approximate surface area is 125 Å². The van der Waals surface area contributed by atoms with Crippen LogP contribution in [0.2, 0.25) is 0 Å². The van der Waals surface area contributed by atoms with Crippen molar-refractivity contribution in [3.63, 3.8) is 0 Å². The lowest BCUT2D eigenvalue weighted by atomic mass is 10.2. The van der Waals surface area contributed by atoms with Crippen LogP contribution in [-0.4, -0.2) is 4.57 Å². The van der Waals surface area contributed by atoms with Crippen molar-refractivity contribution in [2.45, 2.75) is 0 Å². The van der Waals surface area contributed by atoms with Gasteiger partial charge in [-0.2, -0.15) is 0 Å². The van der Waals surface area contributed by atoms with E-state index in [9.17, 15) is 4.39 Å². The second-order valence-corrected chi connectivity index (χ2v) is 5.63. The Bertz CT molecular complexity index is 859. The van der Waals surface area contributed by atoms with Crippen LogP contribution in [0.4, 0.5) is 4.39 Å². The number of thiazole rings is 1. The third-order valence-electron chi connectivity index (χ3n) is 3.19. The van der Waals surface area contributed by atoms with Crippen molar-refractivity contribution in [2.24, 2.45) is 12.1 Å². The maximum absolute atomic E-state index is 12.9. The van der Waals surface area contributed by atoms with Gasteiger partial charge in [0, 0.05) is 7.05 Å². The predicted octanol–water partition coefficient (Wildman–Crippen LogP) is 3.46. The summed E-state index contributed by atoms with van der Waals surface area (Å²) in [5, 5.41) is 4.38. The second kappa shape index (κ2) is 5.54. The Balaban J connectivity index is 1.89.